The summed E-state index contributed by atoms with van der Waals surface area (Å²) in [6.45, 7) is 5.82. The van der Waals surface area contributed by atoms with Gasteiger partial charge in [-0.25, -0.2) is 4.79 Å². The molecule has 1 amide bonds. The first-order chi connectivity index (χ1) is 16.4. The maximum atomic E-state index is 12.9. The predicted octanol–water partition coefficient (Wildman–Crippen LogP) is 2.74. The van der Waals surface area contributed by atoms with E-state index in [4.69, 9.17) is 15.2 Å². The lowest BCUT2D eigenvalue weighted by Gasteiger charge is -2.48. The molecule has 3 fully saturated rings. The van der Waals surface area contributed by atoms with Gasteiger partial charge >= 0.3 is 11.9 Å². The molecule has 1 aromatic rings. The van der Waals surface area contributed by atoms with Gasteiger partial charge in [-0.1, -0.05) is 57.0 Å². The Kier molecular flexibility index (Phi) is 9.89. The fourth-order valence-electron chi connectivity index (χ4n) is 4.95. The average Bonchev–Trinajstić information content (AvgIpc) is 2.85. The summed E-state index contributed by atoms with van der Waals surface area (Å²) < 4.78 is 11.2. The first kappa shape index (κ1) is 26.2. The molecule has 3 aliphatic heterocycles. The molecule has 0 aromatic heterocycles. The van der Waals surface area contributed by atoms with Gasteiger partial charge in [-0.05, 0) is 37.2 Å². The van der Waals surface area contributed by atoms with Crippen molar-refractivity contribution in [1.82, 2.24) is 10.2 Å². The van der Waals surface area contributed by atoms with E-state index in [1.165, 1.54) is 0 Å². The lowest BCUT2D eigenvalue weighted by Crippen LogP contribution is -2.62. The first-order valence-electron chi connectivity index (χ1n) is 12.6. The van der Waals surface area contributed by atoms with Crippen molar-refractivity contribution in [3.05, 3.63) is 35.9 Å². The van der Waals surface area contributed by atoms with Crippen molar-refractivity contribution in [1.29, 1.82) is 0 Å². The number of esters is 2. The van der Waals surface area contributed by atoms with Gasteiger partial charge in [0.05, 0.1) is 12.5 Å². The molecule has 1 unspecified atom stereocenters. The number of rotatable bonds is 12. The lowest BCUT2D eigenvalue weighted by atomic mass is 9.83. The summed E-state index contributed by atoms with van der Waals surface area (Å²) in [4.78, 5) is 40.8. The molecule has 3 atom stereocenters. The van der Waals surface area contributed by atoms with E-state index in [2.05, 4.69) is 10.2 Å². The Morgan fingerprint density at radius 1 is 1.09 bits per heavy atom. The Bertz CT molecular complexity index is 802. The van der Waals surface area contributed by atoms with Gasteiger partial charge in [0.2, 0.25) is 5.91 Å². The van der Waals surface area contributed by atoms with E-state index >= 15 is 0 Å². The highest BCUT2D eigenvalue weighted by Gasteiger charge is 2.43. The molecule has 0 radical (unpaired) electrons. The van der Waals surface area contributed by atoms with Crippen LogP contribution in [0, 0.1) is 11.8 Å². The van der Waals surface area contributed by atoms with Crippen LogP contribution in [0.2, 0.25) is 0 Å². The second kappa shape index (κ2) is 12.9. The fourth-order valence-corrected chi connectivity index (χ4v) is 4.95. The summed E-state index contributed by atoms with van der Waals surface area (Å²) in [6, 6.07) is 7.95. The summed E-state index contributed by atoms with van der Waals surface area (Å²) >= 11 is 0. The molecule has 0 saturated carbocycles. The number of fused-ring (bicyclic) bond motifs is 3. The van der Waals surface area contributed by atoms with E-state index in [9.17, 15) is 14.4 Å². The highest BCUT2D eigenvalue weighted by molar-refractivity contribution is 5.89. The third-order valence-corrected chi connectivity index (χ3v) is 6.90. The van der Waals surface area contributed by atoms with Crippen LogP contribution in [0.4, 0.5) is 0 Å². The number of nitrogens with two attached hydrogens (primary N) is 1. The Morgan fingerprint density at radius 3 is 2.32 bits per heavy atom. The summed E-state index contributed by atoms with van der Waals surface area (Å²) in [5.74, 6) is -1.29. The molecule has 188 valence electrons. The second-order valence-electron chi connectivity index (χ2n) is 9.46. The van der Waals surface area contributed by atoms with E-state index in [0.29, 0.717) is 5.92 Å². The van der Waals surface area contributed by atoms with E-state index in [0.717, 1.165) is 57.2 Å². The molecule has 4 rings (SSSR count). The van der Waals surface area contributed by atoms with E-state index in [1.807, 2.05) is 44.2 Å². The third kappa shape index (κ3) is 7.03. The zero-order valence-electron chi connectivity index (χ0n) is 20.4. The number of hydrogen-bond donors (Lipinski definition) is 2. The average molecular weight is 474 g/mol. The van der Waals surface area contributed by atoms with Gasteiger partial charge in [-0.3, -0.25) is 14.5 Å². The van der Waals surface area contributed by atoms with Crippen molar-refractivity contribution in [3.63, 3.8) is 0 Å². The number of benzene rings is 1. The normalized spacial score (nSPS) is 24.5. The van der Waals surface area contributed by atoms with Crippen LogP contribution in [0.1, 0.15) is 64.4 Å². The van der Waals surface area contributed by atoms with Crippen LogP contribution in [0.3, 0.4) is 0 Å². The van der Waals surface area contributed by atoms with E-state index in [1.54, 1.807) is 0 Å². The number of carbonyl (C=O) groups is 3. The zero-order chi connectivity index (χ0) is 24.5. The monoisotopic (exact) mass is 473 g/mol. The van der Waals surface area contributed by atoms with Gasteiger partial charge in [0.25, 0.3) is 0 Å². The molecule has 3 heterocycles. The predicted molar refractivity (Wildman–Crippen MR) is 128 cm³/mol. The number of nitrogens with zero attached hydrogens (tertiary/aromatic N) is 1. The number of ether oxygens (including phenoxy) is 2. The minimum Gasteiger partial charge on any atom is -0.459 e. The van der Waals surface area contributed by atoms with Crippen molar-refractivity contribution < 1.29 is 23.9 Å². The van der Waals surface area contributed by atoms with Gasteiger partial charge in [-0.2, -0.15) is 0 Å². The number of nitrogens with one attached hydrogen (secondary N) is 1. The topological polar surface area (TPSA) is 111 Å². The molecule has 8 nitrogen and oxygen atoms in total. The maximum absolute atomic E-state index is 12.9. The molecule has 0 aliphatic carbocycles. The molecular formula is C26H39N3O5. The van der Waals surface area contributed by atoms with Crippen molar-refractivity contribution in [2.24, 2.45) is 17.6 Å². The summed E-state index contributed by atoms with van der Waals surface area (Å²) in [5, 5.41) is 2.78. The van der Waals surface area contributed by atoms with Crippen LogP contribution in [0.25, 0.3) is 0 Å². The van der Waals surface area contributed by atoms with Crippen molar-refractivity contribution in [2.75, 3.05) is 13.1 Å². The molecule has 2 bridgehead atoms. The Labute approximate surface area is 202 Å². The van der Waals surface area contributed by atoms with Crippen molar-refractivity contribution >= 4 is 17.8 Å². The highest BCUT2D eigenvalue weighted by Crippen LogP contribution is 2.31. The summed E-state index contributed by atoms with van der Waals surface area (Å²) in [5.41, 5.74) is 7.15. The van der Waals surface area contributed by atoms with Gasteiger partial charge in [-0.15, -0.1) is 0 Å². The molecule has 34 heavy (non-hydrogen) atoms. The fraction of sp³-hybridized carbons (Fsp3) is 0.654. The molecule has 3 N–H and O–H groups in total. The Balaban J connectivity index is 1.65. The van der Waals surface area contributed by atoms with Crippen LogP contribution in [-0.2, 0) is 30.5 Å². The van der Waals surface area contributed by atoms with Crippen LogP contribution in [-0.4, -0.2) is 54.1 Å². The largest absolute Gasteiger partial charge is 0.459 e. The number of carbonyl (C=O) groups excluding carboxylic acids is 3. The maximum Gasteiger partial charge on any atom is 0.329 e. The third-order valence-electron chi connectivity index (χ3n) is 6.90. The van der Waals surface area contributed by atoms with Crippen LogP contribution in [0.15, 0.2) is 30.3 Å². The highest BCUT2D eigenvalue weighted by atomic mass is 16.6. The molecule has 3 aliphatic rings. The first-order valence-corrected chi connectivity index (χ1v) is 12.6. The van der Waals surface area contributed by atoms with E-state index < -0.39 is 24.2 Å². The quantitative estimate of drug-likeness (QED) is 0.449. The van der Waals surface area contributed by atoms with Gasteiger partial charge < -0.3 is 20.5 Å². The SMILES string of the molecule is CCCC(CCC)C(=O)N[C@@H](CC(=O)OC1[C@@H](N)C2CCN1CC2)C(=O)OCc1ccccc1. The Hall–Kier alpha value is -2.45. The van der Waals surface area contributed by atoms with Gasteiger partial charge in [0, 0.05) is 19.0 Å². The van der Waals surface area contributed by atoms with Crippen LogP contribution >= 0.6 is 0 Å². The molecule has 1 aromatic carbocycles. The van der Waals surface area contributed by atoms with Gasteiger partial charge in [0.1, 0.15) is 12.6 Å². The molecule has 3 saturated heterocycles. The summed E-state index contributed by atoms with van der Waals surface area (Å²) in [7, 11) is 0. The smallest absolute Gasteiger partial charge is 0.329 e. The number of piperidine rings is 3. The standard InChI is InChI=1S/C26H39N3O5/c1-3-8-20(9-4-2)24(31)28-21(26(32)33-17-18-10-6-5-7-11-18)16-22(30)34-25-23(27)19-12-14-29(25)15-13-19/h5-7,10-11,19-21,23,25H,3-4,8-9,12-17,27H2,1-2H3,(H,28,31)/t21-,23-,25?/m0/s1. The summed E-state index contributed by atoms with van der Waals surface area (Å²) in [6.07, 6.45) is 4.42. The minimum absolute atomic E-state index is 0.0669. The molecule has 0 spiro atoms. The lowest BCUT2D eigenvalue weighted by molar-refractivity contribution is -0.176. The minimum atomic E-state index is -1.10. The molecular weight excluding hydrogens is 434 g/mol. The van der Waals surface area contributed by atoms with Crippen molar-refractivity contribution in [3.8, 4) is 0 Å². The van der Waals surface area contributed by atoms with E-state index in [-0.39, 0.29) is 30.9 Å². The zero-order valence-corrected chi connectivity index (χ0v) is 20.4. The van der Waals surface area contributed by atoms with Crippen molar-refractivity contribution in [2.45, 2.75) is 83.7 Å². The number of amides is 1. The Morgan fingerprint density at radius 2 is 1.74 bits per heavy atom. The van der Waals surface area contributed by atoms with Gasteiger partial charge in [0.15, 0.2) is 6.23 Å². The molecule has 8 heteroatoms. The van der Waals surface area contributed by atoms with Crippen LogP contribution in [0.5, 0.6) is 0 Å². The second-order valence-corrected chi connectivity index (χ2v) is 9.46. The van der Waals surface area contributed by atoms with Crippen LogP contribution < -0.4 is 11.1 Å². The number of hydrogen-bond acceptors (Lipinski definition) is 7.